The molecule has 8 N–H and O–H groups in total. The molecule has 0 aliphatic carbocycles. The molecule has 2 aliphatic heterocycles. The fraction of sp³-hybridized carbons (Fsp3) is 0.211. The Kier molecular flexibility index (Phi) is 18.6. The fourth-order valence-corrected chi connectivity index (χ4v) is 7.36. The number of nitrogens with one attached hydrogen (secondary N) is 6. The van der Waals surface area contributed by atoms with E-state index in [-0.39, 0.29) is 120 Å². The van der Waals surface area contributed by atoms with E-state index in [2.05, 4.69) is 52.1 Å². The molecule has 2 heterocycles. The largest absolute Gasteiger partial charge is 1.00 e. The summed E-state index contributed by atoms with van der Waals surface area (Å²) in [7, 11) is -10.2. The van der Waals surface area contributed by atoms with E-state index in [0.717, 1.165) is 12.1 Å². The van der Waals surface area contributed by atoms with E-state index in [9.17, 15) is 36.2 Å². The summed E-state index contributed by atoms with van der Waals surface area (Å²) in [5.41, 5.74) is 7.58. The van der Waals surface area contributed by atoms with Crippen LogP contribution in [0.5, 0.6) is 0 Å². The van der Waals surface area contributed by atoms with Gasteiger partial charge in [-0.2, -0.15) is 9.98 Å². The van der Waals surface area contributed by atoms with E-state index < -0.39 is 42.6 Å². The number of benzene rings is 4. The van der Waals surface area contributed by atoms with Crippen LogP contribution in [0.25, 0.3) is 12.2 Å². The second-order valence-corrected chi connectivity index (χ2v) is 15.7. The van der Waals surface area contributed by atoms with Crippen LogP contribution in [0, 0.1) is 0 Å². The zero-order chi connectivity index (χ0) is 42.9. The molecule has 2 atom stereocenters. The number of para-hydroxylation sites is 2. The van der Waals surface area contributed by atoms with Crippen LogP contribution >= 0.6 is 0 Å². The van der Waals surface area contributed by atoms with Crippen molar-refractivity contribution >= 4 is 78.7 Å². The molecule has 316 valence electrons. The molecule has 2 aliphatic rings. The van der Waals surface area contributed by atoms with Crippen molar-refractivity contribution in [3.63, 3.8) is 0 Å². The Labute approximate surface area is 403 Å². The molecule has 20 nitrogen and oxygen atoms in total. The number of aliphatic imine (C=N–C) groups is 4. The molecular formula is C38H42N12Na2O8S2. The number of aliphatic hydroxyl groups is 2. The molecule has 62 heavy (non-hydrogen) atoms. The Balaban J connectivity index is 0.00000422. The minimum atomic E-state index is -5.11. The number of hydrazine groups is 2. The van der Waals surface area contributed by atoms with Crippen molar-refractivity contribution in [1.82, 2.24) is 20.9 Å². The molecule has 0 amide bonds. The smallest absolute Gasteiger partial charge is 0.744 e. The van der Waals surface area contributed by atoms with Crippen LogP contribution in [0.15, 0.2) is 127 Å². The summed E-state index contributed by atoms with van der Waals surface area (Å²) >= 11 is 0. The third-order valence-electron chi connectivity index (χ3n) is 8.66. The summed E-state index contributed by atoms with van der Waals surface area (Å²) in [5, 5.41) is 34.3. The van der Waals surface area contributed by atoms with Gasteiger partial charge in [0.25, 0.3) is 0 Å². The molecule has 0 saturated heterocycles. The zero-order valence-corrected chi connectivity index (χ0v) is 39.9. The SMILES string of the molecule is CC1=NC(Nc2ccccc2)=NC(Nc2ccc(C=Cc3ccc(NC4N=C(Nc5ccccc5)N=C(C)N4NCCO)cc3S(=O)(=O)[O-])c(S(=O)(=O)[O-])c2)N1NCCO.[Na+].[Na+]. The summed E-state index contributed by atoms with van der Waals surface area (Å²) in [6.45, 7) is 3.27. The van der Waals surface area contributed by atoms with Crippen LogP contribution in [-0.2, 0) is 20.2 Å². The first kappa shape index (κ1) is 50.4. The van der Waals surface area contributed by atoms with Crippen molar-refractivity contribution in [1.29, 1.82) is 0 Å². The average Bonchev–Trinajstić information content (AvgIpc) is 3.20. The molecule has 6 rings (SSSR count). The predicted octanol–water partition coefficient (Wildman–Crippen LogP) is -3.54. The maximum atomic E-state index is 12.6. The third-order valence-corrected chi connectivity index (χ3v) is 10.4. The van der Waals surface area contributed by atoms with E-state index in [1.54, 1.807) is 13.8 Å². The molecule has 0 fully saturated rings. The van der Waals surface area contributed by atoms with Crippen LogP contribution in [0.1, 0.15) is 25.0 Å². The average molecular weight is 905 g/mol. The predicted molar refractivity (Wildman–Crippen MR) is 228 cm³/mol. The van der Waals surface area contributed by atoms with Gasteiger partial charge in [0.1, 0.15) is 31.9 Å². The fourth-order valence-electron chi connectivity index (χ4n) is 5.97. The first-order chi connectivity index (χ1) is 28.7. The number of aliphatic hydroxyl groups excluding tert-OH is 2. The minimum Gasteiger partial charge on any atom is -0.744 e. The van der Waals surface area contributed by atoms with Crippen molar-refractivity contribution in [3.8, 4) is 0 Å². The first-order valence-corrected chi connectivity index (χ1v) is 21.1. The Bertz CT molecular complexity index is 2380. The van der Waals surface area contributed by atoms with Crippen molar-refractivity contribution in [2.45, 2.75) is 36.2 Å². The maximum Gasteiger partial charge on any atom is 1.00 e. The van der Waals surface area contributed by atoms with Crippen molar-refractivity contribution < 1.29 is 95.3 Å². The number of anilines is 4. The standard InChI is InChI=1S/C38H44N12O8S2.2Na/c1-25-41-35(43-29-9-5-3-6-10-29)47-37(49(25)39-19-21-51)45-31-17-15-27(33(23-31)59(53,54)55)13-14-28-16-18-32(24-34(28)60(56,57)58)46-38-48-36(44-30-11-7-4-8-12-30)42-26(2)50(38)40-20-22-52;;/h3-18,23-24,37-40,45-46,51-52H,19-22H2,1-2H3,(H,43,47)(H,44,48)(H,53,54,55)(H,56,57,58);;/q;2*+1/p-2. The van der Waals surface area contributed by atoms with Crippen LogP contribution in [0.4, 0.5) is 22.7 Å². The Morgan fingerprint density at radius 3 is 1.31 bits per heavy atom. The molecule has 0 aromatic heterocycles. The van der Waals surface area contributed by atoms with E-state index >= 15 is 0 Å². The van der Waals surface area contributed by atoms with Gasteiger partial charge in [0.15, 0.2) is 0 Å². The van der Waals surface area contributed by atoms with E-state index in [4.69, 9.17) is 0 Å². The van der Waals surface area contributed by atoms with Crippen LogP contribution in [0.2, 0.25) is 0 Å². The van der Waals surface area contributed by atoms with Gasteiger partial charge in [-0.3, -0.25) is 10.0 Å². The first-order valence-electron chi connectivity index (χ1n) is 18.3. The van der Waals surface area contributed by atoms with E-state index in [1.807, 2.05) is 60.7 Å². The molecule has 0 spiro atoms. The van der Waals surface area contributed by atoms with Crippen LogP contribution < -0.4 is 91.2 Å². The molecule has 24 heteroatoms. The van der Waals surface area contributed by atoms with Gasteiger partial charge in [0, 0.05) is 35.8 Å². The van der Waals surface area contributed by atoms with Gasteiger partial charge < -0.3 is 40.6 Å². The maximum absolute atomic E-state index is 12.6. The molecule has 4 aromatic carbocycles. The summed E-state index contributed by atoms with van der Waals surface area (Å²) in [6, 6.07) is 26.2. The molecule has 4 aromatic rings. The molecular weight excluding hydrogens is 863 g/mol. The summed E-state index contributed by atoms with van der Waals surface area (Å²) < 4.78 is 75.6. The summed E-state index contributed by atoms with van der Waals surface area (Å²) in [6.07, 6.45) is 0.568. The van der Waals surface area contributed by atoms with Crippen molar-refractivity contribution in [2.75, 3.05) is 47.6 Å². The number of guanidine groups is 2. The summed E-state index contributed by atoms with van der Waals surface area (Å²) in [4.78, 5) is 16.8. The second-order valence-electron chi connectivity index (χ2n) is 13.0. The number of amidine groups is 2. The van der Waals surface area contributed by atoms with Gasteiger partial charge in [-0.1, -0.05) is 60.7 Å². The Morgan fingerprint density at radius 1 is 0.597 bits per heavy atom. The molecule has 2 unspecified atom stereocenters. The molecule has 0 bridgehead atoms. The van der Waals surface area contributed by atoms with Gasteiger partial charge >= 0.3 is 59.1 Å². The number of hydrogen-bond acceptors (Lipinski definition) is 20. The zero-order valence-electron chi connectivity index (χ0n) is 34.2. The Hall–Kier alpha value is -4.24. The normalized spacial score (nSPS) is 16.5. The number of hydrogen-bond donors (Lipinski definition) is 8. The van der Waals surface area contributed by atoms with Gasteiger partial charge in [-0.25, -0.2) is 37.7 Å². The van der Waals surface area contributed by atoms with Gasteiger partial charge in [0.2, 0.25) is 24.5 Å². The monoisotopic (exact) mass is 904 g/mol. The van der Waals surface area contributed by atoms with Crippen LogP contribution in [0.3, 0.4) is 0 Å². The van der Waals surface area contributed by atoms with E-state index in [1.165, 1.54) is 46.4 Å². The topological polar surface area (TPSA) is 283 Å². The van der Waals surface area contributed by atoms with E-state index in [0.29, 0.717) is 23.0 Å². The van der Waals surface area contributed by atoms with Crippen molar-refractivity contribution in [3.05, 3.63) is 108 Å². The second kappa shape index (κ2) is 22.9. The Morgan fingerprint density at radius 2 is 0.968 bits per heavy atom. The van der Waals surface area contributed by atoms with Crippen molar-refractivity contribution in [2.24, 2.45) is 20.0 Å². The van der Waals surface area contributed by atoms with Gasteiger partial charge in [0.05, 0.1) is 23.0 Å². The number of rotatable bonds is 16. The van der Waals surface area contributed by atoms with Gasteiger partial charge in [-0.15, -0.1) is 0 Å². The third kappa shape index (κ3) is 13.6. The quantitative estimate of drug-likeness (QED) is 0.0307. The van der Waals surface area contributed by atoms with Gasteiger partial charge in [-0.05, 0) is 73.5 Å². The van der Waals surface area contributed by atoms with Crippen LogP contribution in [-0.4, -0.2) is 109 Å². The molecule has 0 radical (unpaired) electrons. The molecule has 0 saturated carbocycles. The number of nitrogens with zero attached hydrogens (tertiary/aromatic N) is 6. The minimum absolute atomic E-state index is 0. The summed E-state index contributed by atoms with van der Waals surface area (Å²) in [5.74, 6) is 1.37.